The summed E-state index contributed by atoms with van der Waals surface area (Å²) in [6.07, 6.45) is 7.98. The van der Waals surface area contributed by atoms with E-state index in [9.17, 15) is 9.59 Å². The summed E-state index contributed by atoms with van der Waals surface area (Å²) in [6.45, 7) is 2.92. The number of nitrogens with one attached hydrogen (secondary N) is 1. The number of aliphatic carboxylic acids is 1. The highest BCUT2D eigenvalue weighted by Gasteiger charge is 2.80. The zero-order chi connectivity index (χ0) is 30.3. The van der Waals surface area contributed by atoms with E-state index in [1.165, 1.54) is 30.5 Å². The van der Waals surface area contributed by atoms with Crippen molar-refractivity contribution in [3.05, 3.63) is 58.7 Å². The number of piperidine rings is 1. The van der Waals surface area contributed by atoms with E-state index in [0.29, 0.717) is 24.8 Å². The number of methoxy groups -OCH3 is 2. The van der Waals surface area contributed by atoms with E-state index >= 15 is 0 Å². The van der Waals surface area contributed by atoms with Gasteiger partial charge in [0.25, 0.3) is 5.91 Å². The van der Waals surface area contributed by atoms with Crippen LogP contribution < -0.4 is 14.8 Å². The normalized spacial score (nSPS) is 34.3. The molecule has 9 heteroatoms. The summed E-state index contributed by atoms with van der Waals surface area (Å²) in [7, 11) is 3.61. The van der Waals surface area contributed by atoms with E-state index < -0.39 is 24.0 Å². The summed E-state index contributed by atoms with van der Waals surface area (Å²) in [5.74, 6) is 1.34. The monoisotopic (exact) mass is 602 g/mol. The fraction of sp³-hybridized carbons (Fsp3) is 0.600. The van der Waals surface area contributed by atoms with Gasteiger partial charge in [0.1, 0.15) is 18.2 Å². The number of amides is 1. The number of carboxylic acid groups (broad SMARTS) is 1. The van der Waals surface area contributed by atoms with Crippen LogP contribution in [0, 0.1) is 17.3 Å². The first-order valence-electron chi connectivity index (χ1n) is 16.2. The van der Waals surface area contributed by atoms with Gasteiger partial charge in [0.2, 0.25) is 0 Å². The number of benzene rings is 2. The van der Waals surface area contributed by atoms with Crippen molar-refractivity contribution in [2.75, 3.05) is 40.5 Å². The number of nitrogens with zero attached hydrogens (tertiary/aromatic N) is 1. The predicted octanol–water partition coefficient (Wildman–Crippen LogP) is 3.95. The SMILES string of the molecule is COc1ccc2c3c1O[C@H]1C4(OC)CCC5(C[C@@H]4COCc4ccc(C(=O)NCC(=O)O)cc4)[C@@H](C2)N(CC2CC2)CCC315. The molecule has 234 valence electrons. The summed E-state index contributed by atoms with van der Waals surface area (Å²) in [5, 5.41) is 11.2. The van der Waals surface area contributed by atoms with Crippen molar-refractivity contribution in [2.45, 2.75) is 74.7 Å². The second-order valence-corrected chi connectivity index (χ2v) is 14.0. The van der Waals surface area contributed by atoms with Gasteiger partial charge in [-0.2, -0.15) is 0 Å². The van der Waals surface area contributed by atoms with E-state index in [2.05, 4.69) is 22.3 Å². The third kappa shape index (κ3) is 3.88. The summed E-state index contributed by atoms with van der Waals surface area (Å²) >= 11 is 0. The van der Waals surface area contributed by atoms with E-state index in [-0.39, 0.29) is 22.9 Å². The largest absolute Gasteiger partial charge is 0.493 e. The predicted molar refractivity (Wildman–Crippen MR) is 161 cm³/mol. The van der Waals surface area contributed by atoms with Gasteiger partial charge in [0, 0.05) is 47.6 Å². The van der Waals surface area contributed by atoms with Crippen molar-refractivity contribution < 1.29 is 33.6 Å². The molecule has 6 atom stereocenters. The zero-order valence-electron chi connectivity index (χ0n) is 25.6. The van der Waals surface area contributed by atoms with Crippen LogP contribution in [0.4, 0.5) is 0 Å². The summed E-state index contributed by atoms with van der Waals surface area (Å²) in [4.78, 5) is 25.9. The Bertz CT molecular complexity index is 1490. The second kappa shape index (κ2) is 10.2. The highest BCUT2D eigenvalue weighted by Crippen LogP contribution is 2.76. The smallest absolute Gasteiger partial charge is 0.322 e. The molecule has 2 aromatic rings. The summed E-state index contributed by atoms with van der Waals surface area (Å²) < 4.78 is 26.1. The molecular weight excluding hydrogens is 560 g/mol. The van der Waals surface area contributed by atoms with E-state index in [0.717, 1.165) is 61.6 Å². The van der Waals surface area contributed by atoms with Crippen LogP contribution in [-0.4, -0.2) is 80.1 Å². The van der Waals surface area contributed by atoms with Crippen LogP contribution in [0.3, 0.4) is 0 Å². The van der Waals surface area contributed by atoms with Crippen LogP contribution >= 0.6 is 0 Å². The van der Waals surface area contributed by atoms with Crippen LogP contribution in [0.25, 0.3) is 0 Å². The molecule has 5 aliphatic carbocycles. The molecule has 9 nitrogen and oxygen atoms in total. The minimum atomic E-state index is -1.07. The maximum Gasteiger partial charge on any atom is 0.322 e. The van der Waals surface area contributed by atoms with Crippen LogP contribution in [0.1, 0.15) is 65.6 Å². The number of ether oxygens (including phenoxy) is 4. The van der Waals surface area contributed by atoms with Gasteiger partial charge in [-0.3, -0.25) is 14.5 Å². The number of carbonyl (C=O) groups is 2. The molecule has 44 heavy (non-hydrogen) atoms. The molecule has 0 radical (unpaired) electrons. The Morgan fingerprint density at radius 1 is 1.09 bits per heavy atom. The summed E-state index contributed by atoms with van der Waals surface area (Å²) in [5.41, 5.74) is 3.82. The molecule has 2 aromatic carbocycles. The average molecular weight is 603 g/mol. The quantitative estimate of drug-likeness (QED) is 0.399. The van der Waals surface area contributed by atoms with Crippen molar-refractivity contribution in [1.29, 1.82) is 0 Å². The van der Waals surface area contributed by atoms with E-state index in [1.54, 1.807) is 19.2 Å². The molecule has 0 aromatic heterocycles. The standard InChI is InChI=1S/C35H42N2O7/c1-41-26-10-9-24-15-27-33-11-12-35(42-2,32-34(33,29(24)30(26)44-32)13-14-37(27)18-21-3-4-21)25(16-33)20-43-19-22-5-7-23(8-6-22)31(40)36-17-28(38)39/h5-10,21,25,27,32H,3-4,11-20H2,1-2H3,(H,36,40)(H,38,39)/t25-,27-,32-,33?,34?,35?/m1/s1. The molecule has 2 N–H and O–H groups in total. The molecule has 1 amide bonds. The van der Waals surface area contributed by atoms with Crippen molar-refractivity contribution >= 4 is 11.9 Å². The van der Waals surface area contributed by atoms with Gasteiger partial charge < -0.3 is 29.4 Å². The number of hydrogen-bond acceptors (Lipinski definition) is 7. The Balaban J connectivity index is 1.08. The van der Waals surface area contributed by atoms with Crippen LogP contribution in [-0.2, 0) is 32.7 Å². The molecule has 5 fully saturated rings. The third-order valence-corrected chi connectivity index (χ3v) is 12.2. The lowest BCUT2D eigenvalue weighted by atomic mass is 9.35. The maximum absolute atomic E-state index is 12.2. The van der Waals surface area contributed by atoms with Crippen LogP contribution in [0.2, 0.25) is 0 Å². The Kier molecular flexibility index (Phi) is 6.56. The second-order valence-electron chi connectivity index (χ2n) is 14.0. The van der Waals surface area contributed by atoms with Crippen molar-refractivity contribution in [3.63, 3.8) is 0 Å². The third-order valence-electron chi connectivity index (χ3n) is 12.2. The van der Waals surface area contributed by atoms with E-state index in [1.807, 2.05) is 19.2 Å². The first kappa shape index (κ1) is 28.3. The Hall–Kier alpha value is -3.14. The lowest BCUT2D eigenvalue weighted by Gasteiger charge is -2.74. The Labute approximate surface area is 258 Å². The Morgan fingerprint density at radius 3 is 2.64 bits per heavy atom. The van der Waals surface area contributed by atoms with Gasteiger partial charge in [-0.1, -0.05) is 18.2 Å². The van der Waals surface area contributed by atoms with Crippen LogP contribution in [0.15, 0.2) is 36.4 Å². The molecule has 2 spiro atoms. The molecule has 4 saturated carbocycles. The molecule has 7 aliphatic rings. The fourth-order valence-corrected chi connectivity index (χ4v) is 10.2. The maximum atomic E-state index is 12.2. The lowest BCUT2D eigenvalue weighted by Crippen LogP contribution is -2.81. The summed E-state index contributed by atoms with van der Waals surface area (Å²) in [6, 6.07) is 12.1. The molecule has 9 rings (SSSR count). The van der Waals surface area contributed by atoms with Gasteiger partial charge in [-0.25, -0.2) is 0 Å². The average Bonchev–Trinajstić information content (AvgIpc) is 3.78. The zero-order valence-corrected chi connectivity index (χ0v) is 25.6. The minimum Gasteiger partial charge on any atom is -0.493 e. The first-order valence-corrected chi connectivity index (χ1v) is 16.2. The number of likely N-dealkylation sites (tertiary alicyclic amines) is 1. The molecule has 3 unspecified atom stereocenters. The van der Waals surface area contributed by atoms with Crippen molar-refractivity contribution in [2.24, 2.45) is 17.3 Å². The van der Waals surface area contributed by atoms with Crippen molar-refractivity contribution in [1.82, 2.24) is 10.2 Å². The topological polar surface area (TPSA) is 107 Å². The van der Waals surface area contributed by atoms with Gasteiger partial charge in [0.05, 0.1) is 20.3 Å². The molecule has 2 heterocycles. The number of fused-ring (bicyclic) bond motifs is 2. The Morgan fingerprint density at radius 2 is 1.91 bits per heavy atom. The van der Waals surface area contributed by atoms with Crippen molar-refractivity contribution in [3.8, 4) is 11.5 Å². The molecule has 2 aliphatic heterocycles. The fourth-order valence-electron chi connectivity index (χ4n) is 10.2. The van der Waals surface area contributed by atoms with Gasteiger partial charge in [0.15, 0.2) is 11.5 Å². The van der Waals surface area contributed by atoms with Gasteiger partial charge in [-0.05, 0) is 86.7 Å². The number of carbonyl (C=O) groups excluding carboxylic acids is 1. The number of hydrogen-bond donors (Lipinski definition) is 2. The number of rotatable bonds is 11. The minimum absolute atomic E-state index is 0.0724. The van der Waals surface area contributed by atoms with Crippen LogP contribution in [0.5, 0.6) is 11.5 Å². The number of carboxylic acids is 1. The molecule has 4 bridgehead atoms. The molecular formula is C35H42N2O7. The highest BCUT2D eigenvalue weighted by molar-refractivity contribution is 5.95. The first-order chi connectivity index (χ1) is 21.3. The lowest BCUT2D eigenvalue weighted by molar-refractivity contribution is -0.283. The van der Waals surface area contributed by atoms with E-state index in [4.69, 9.17) is 24.1 Å². The molecule has 1 saturated heterocycles. The van der Waals surface area contributed by atoms with Gasteiger partial charge >= 0.3 is 5.97 Å². The van der Waals surface area contributed by atoms with Gasteiger partial charge in [-0.15, -0.1) is 0 Å². The highest BCUT2D eigenvalue weighted by atomic mass is 16.6.